The lowest BCUT2D eigenvalue weighted by atomic mass is 10.1. The first-order valence-corrected chi connectivity index (χ1v) is 8.83. The second-order valence-electron chi connectivity index (χ2n) is 5.98. The lowest BCUT2D eigenvalue weighted by Crippen LogP contribution is -1.93. The molecule has 1 aromatic carbocycles. The predicted molar refractivity (Wildman–Crippen MR) is 95.2 cm³/mol. The number of halogens is 1. The van der Waals surface area contributed by atoms with E-state index in [0.29, 0.717) is 21.7 Å². The Labute approximate surface area is 147 Å². The Morgan fingerprint density at radius 3 is 2.88 bits per heavy atom. The Balaban J connectivity index is 1.75. The van der Waals surface area contributed by atoms with Crippen molar-refractivity contribution < 1.29 is 0 Å². The quantitative estimate of drug-likeness (QED) is 0.596. The van der Waals surface area contributed by atoms with Gasteiger partial charge in [0.05, 0.1) is 5.02 Å². The summed E-state index contributed by atoms with van der Waals surface area (Å²) in [6.45, 7) is 4.36. The van der Waals surface area contributed by atoms with Gasteiger partial charge in [-0.15, -0.1) is 10.2 Å². The number of hydrogen-bond donors (Lipinski definition) is 1. The van der Waals surface area contributed by atoms with Gasteiger partial charge < -0.3 is 0 Å². The molecular weight excluding hydrogens is 344 g/mol. The summed E-state index contributed by atoms with van der Waals surface area (Å²) in [7, 11) is 0. The van der Waals surface area contributed by atoms with Gasteiger partial charge in [-0.2, -0.15) is 14.7 Å². The number of H-pyrrole nitrogens is 1. The van der Waals surface area contributed by atoms with E-state index in [-0.39, 0.29) is 0 Å². The zero-order valence-corrected chi connectivity index (χ0v) is 14.8. The normalized spacial score (nSPS) is 11.7. The Morgan fingerprint density at radius 2 is 2.08 bits per heavy atom. The van der Waals surface area contributed by atoms with Crippen molar-refractivity contribution in [3.63, 3.8) is 0 Å². The van der Waals surface area contributed by atoms with E-state index in [9.17, 15) is 0 Å². The fourth-order valence-electron chi connectivity index (χ4n) is 2.55. The fraction of sp³-hybridized carbons (Fsp3) is 0.250. The van der Waals surface area contributed by atoms with E-state index in [4.69, 9.17) is 11.6 Å². The smallest absolute Gasteiger partial charge is 0.235 e. The minimum absolute atomic E-state index is 0.572. The number of nitrogens with zero attached hydrogens (tertiary/aromatic N) is 5. The van der Waals surface area contributed by atoms with Crippen LogP contribution in [-0.4, -0.2) is 30.0 Å². The van der Waals surface area contributed by atoms with Gasteiger partial charge in [-0.25, -0.2) is 0 Å². The number of nitrogens with one attached hydrogen (secondary N) is 1. The molecule has 0 unspecified atom stereocenters. The molecule has 4 rings (SSSR count). The first kappa shape index (κ1) is 15.3. The molecule has 0 aliphatic carbocycles. The lowest BCUT2D eigenvalue weighted by Gasteiger charge is -1.99. The first-order valence-electron chi connectivity index (χ1n) is 7.63. The lowest BCUT2D eigenvalue weighted by molar-refractivity contribution is 0.633. The molecule has 8 heteroatoms. The van der Waals surface area contributed by atoms with E-state index in [1.54, 1.807) is 4.52 Å². The van der Waals surface area contributed by atoms with E-state index >= 15 is 0 Å². The van der Waals surface area contributed by atoms with Crippen LogP contribution < -0.4 is 0 Å². The first-order chi connectivity index (χ1) is 11.6. The number of rotatable bonds is 4. The molecule has 122 valence electrons. The summed E-state index contributed by atoms with van der Waals surface area (Å²) in [6, 6.07) is 9.59. The van der Waals surface area contributed by atoms with Crippen molar-refractivity contribution >= 4 is 27.9 Å². The highest BCUT2D eigenvalue weighted by molar-refractivity contribution is 7.19. The van der Waals surface area contributed by atoms with Gasteiger partial charge in [-0.1, -0.05) is 48.9 Å². The molecule has 0 aliphatic heterocycles. The molecule has 0 saturated carbocycles. The van der Waals surface area contributed by atoms with Crippen LogP contribution in [0.1, 0.15) is 19.5 Å². The highest BCUT2D eigenvalue weighted by atomic mass is 35.5. The van der Waals surface area contributed by atoms with Crippen LogP contribution in [0, 0.1) is 5.92 Å². The Hall–Kier alpha value is -2.25. The highest BCUT2D eigenvalue weighted by Crippen LogP contribution is 2.30. The van der Waals surface area contributed by atoms with E-state index < -0.39 is 0 Å². The van der Waals surface area contributed by atoms with Crippen molar-refractivity contribution in [1.82, 2.24) is 30.0 Å². The van der Waals surface area contributed by atoms with Crippen molar-refractivity contribution in [1.29, 1.82) is 0 Å². The zero-order valence-electron chi connectivity index (χ0n) is 13.2. The summed E-state index contributed by atoms with van der Waals surface area (Å²) < 4.78 is 1.72. The van der Waals surface area contributed by atoms with Gasteiger partial charge in [-0.3, -0.25) is 5.10 Å². The summed E-state index contributed by atoms with van der Waals surface area (Å²) in [5, 5.41) is 21.9. The predicted octanol–water partition coefficient (Wildman–Crippen LogP) is 4.09. The molecular formula is C16H15ClN6S. The molecule has 6 nitrogen and oxygen atoms in total. The number of fused-ring (bicyclic) bond motifs is 1. The van der Waals surface area contributed by atoms with Crippen LogP contribution in [-0.2, 0) is 6.42 Å². The third-order valence-corrected chi connectivity index (χ3v) is 4.83. The second-order valence-corrected chi connectivity index (χ2v) is 7.34. The van der Waals surface area contributed by atoms with Crippen molar-refractivity contribution in [2.75, 3.05) is 0 Å². The van der Waals surface area contributed by atoms with Gasteiger partial charge in [0.15, 0.2) is 10.8 Å². The molecule has 0 atom stereocenters. The molecule has 3 heterocycles. The standard InChI is InChI=1S/C16H15ClN6S/c1-9(2)7-10-8-13(19-18-10)15-22-23-14(20-21-16(23)24-15)11-5-3-4-6-12(11)17/h3-6,8-9H,7H2,1-2H3,(H,18,19). The van der Waals surface area contributed by atoms with Crippen LogP contribution in [0.2, 0.25) is 5.02 Å². The molecule has 0 fully saturated rings. The monoisotopic (exact) mass is 358 g/mol. The number of hydrogen-bond acceptors (Lipinski definition) is 5. The molecule has 0 bridgehead atoms. The van der Waals surface area contributed by atoms with Crippen LogP contribution in [0.3, 0.4) is 0 Å². The van der Waals surface area contributed by atoms with Gasteiger partial charge in [0, 0.05) is 11.3 Å². The third kappa shape index (κ3) is 2.70. The van der Waals surface area contributed by atoms with Gasteiger partial charge in [-0.05, 0) is 30.5 Å². The van der Waals surface area contributed by atoms with E-state index in [2.05, 4.69) is 39.3 Å². The molecule has 3 aromatic heterocycles. The average Bonchev–Trinajstić information content (AvgIpc) is 3.22. The van der Waals surface area contributed by atoms with Crippen molar-refractivity contribution in [3.8, 4) is 22.1 Å². The fourth-order valence-corrected chi connectivity index (χ4v) is 3.57. The van der Waals surface area contributed by atoms with Crippen molar-refractivity contribution in [2.45, 2.75) is 20.3 Å². The number of aromatic nitrogens is 6. The van der Waals surface area contributed by atoms with Gasteiger partial charge in [0.1, 0.15) is 5.69 Å². The molecule has 0 radical (unpaired) electrons. The van der Waals surface area contributed by atoms with Crippen LogP contribution >= 0.6 is 22.9 Å². The van der Waals surface area contributed by atoms with Gasteiger partial charge in [0.2, 0.25) is 4.96 Å². The van der Waals surface area contributed by atoms with Crippen LogP contribution in [0.4, 0.5) is 0 Å². The molecule has 0 aliphatic rings. The maximum atomic E-state index is 6.27. The van der Waals surface area contributed by atoms with Crippen LogP contribution in [0.15, 0.2) is 30.3 Å². The second kappa shape index (κ2) is 5.99. The van der Waals surface area contributed by atoms with Crippen LogP contribution in [0.5, 0.6) is 0 Å². The van der Waals surface area contributed by atoms with Crippen molar-refractivity contribution in [3.05, 3.63) is 41.0 Å². The Bertz CT molecular complexity index is 999. The summed E-state index contributed by atoms with van der Waals surface area (Å²) >= 11 is 7.73. The van der Waals surface area contributed by atoms with Crippen molar-refractivity contribution in [2.24, 2.45) is 5.92 Å². The van der Waals surface area contributed by atoms with E-state index in [0.717, 1.165) is 28.4 Å². The Kier molecular flexibility index (Phi) is 3.82. The maximum Gasteiger partial charge on any atom is 0.235 e. The maximum absolute atomic E-state index is 6.27. The van der Waals surface area contributed by atoms with Gasteiger partial charge >= 0.3 is 0 Å². The molecule has 0 amide bonds. The topological polar surface area (TPSA) is 71.8 Å². The highest BCUT2D eigenvalue weighted by Gasteiger charge is 2.17. The minimum Gasteiger partial charge on any atom is -0.282 e. The zero-order chi connectivity index (χ0) is 16.7. The molecule has 0 spiro atoms. The largest absolute Gasteiger partial charge is 0.282 e. The number of aromatic amines is 1. The third-order valence-electron chi connectivity index (χ3n) is 3.58. The van der Waals surface area contributed by atoms with Gasteiger partial charge in [0.25, 0.3) is 0 Å². The summed E-state index contributed by atoms with van der Waals surface area (Å²) in [5.74, 6) is 1.21. The summed E-state index contributed by atoms with van der Waals surface area (Å²) in [6.07, 6.45) is 0.960. The Morgan fingerprint density at radius 1 is 1.25 bits per heavy atom. The van der Waals surface area contributed by atoms with E-state index in [1.807, 2.05) is 30.3 Å². The summed E-state index contributed by atoms with van der Waals surface area (Å²) in [4.78, 5) is 0.716. The SMILES string of the molecule is CC(C)Cc1cc(-c2nn3c(-c4ccccc4Cl)nnc3s2)n[nH]1. The molecule has 1 N–H and O–H groups in total. The molecule has 0 saturated heterocycles. The average molecular weight is 359 g/mol. The minimum atomic E-state index is 0.572. The van der Waals surface area contributed by atoms with E-state index in [1.165, 1.54) is 11.3 Å². The van der Waals surface area contributed by atoms with Crippen LogP contribution in [0.25, 0.3) is 27.1 Å². The molecule has 4 aromatic rings. The summed E-state index contributed by atoms with van der Waals surface area (Å²) in [5.41, 5.74) is 2.74. The number of benzene rings is 1. The molecule has 24 heavy (non-hydrogen) atoms.